The summed E-state index contributed by atoms with van der Waals surface area (Å²) in [6.45, 7) is 6.36. The number of hydrogen-bond donors (Lipinski definition) is 0. The number of allylic oxidation sites excluding steroid dienone is 4. The first-order chi connectivity index (χ1) is 8.41. The highest BCUT2D eigenvalue weighted by atomic mass is 19.4. The van der Waals surface area contributed by atoms with Crippen LogP contribution in [0.4, 0.5) is 13.2 Å². The van der Waals surface area contributed by atoms with Crippen LogP contribution in [-0.4, -0.2) is 12.0 Å². The van der Waals surface area contributed by atoms with Crippen molar-refractivity contribution in [1.82, 2.24) is 0 Å². The molecule has 0 unspecified atom stereocenters. The van der Waals surface area contributed by atoms with Gasteiger partial charge in [0.25, 0.3) is 0 Å². The van der Waals surface area contributed by atoms with Crippen molar-refractivity contribution in [1.29, 1.82) is 0 Å². The average molecular weight is 252 g/mol. The Hall–Kier alpha value is -2.10. The lowest BCUT2D eigenvalue weighted by molar-refractivity contribution is -0.0886. The highest BCUT2D eigenvalue weighted by molar-refractivity contribution is 6.11. The van der Waals surface area contributed by atoms with Crippen molar-refractivity contribution in [2.75, 3.05) is 0 Å². The van der Waals surface area contributed by atoms with Gasteiger partial charge in [0.05, 0.1) is 5.57 Å². The molecule has 0 atom stereocenters. The second kappa shape index (κ2) is 5.49. The molecule has 0 aliphatic rings. The van der Waals surface area contributed by atoms with E-state index in [0.29, 0.717) is 6.08 Å². The molecule has 0 fully saturated rings. The first-order valence-corrected chi connectivity index (χ1v) is 5.08. The number of carbonyl (C=O) groups is 1. The number of hydrogen-bond acceptors (Lipinski definition) is 1. The molecule has 0 radical (unpaired) electrons. The Labute approximate surface area is 103 Å². The molecule has 0 bridgehead atoms. The van der Waals surface area contributed by atoms with Gasteiger partial charge in [0.1, 0.15) is 0 Å². The fourth-order valence-corrected chi connectivity index (χ4v) is 1.45. The summed E-state index contributed by atoms with van der Waals surface area (Å²) in [6.07, 6.45) is -3.10. The fourth-order valence-electron chi connectivity index (χ4n) is 1.45. The van der Waals surface area contributed by atoms with Gasteiger partial charge in [-0.3, -0.25) is 4.79 Å². The fraction of sp³-hybridized carbons (Fsp3) is 0.0714. The molecule has 0 N–H and O–H groups in total. The van der Waals surface area contributed by atoms with E-state index >= 15 is 0 Å². The van der Waals surface area contributed by atoms with Crippen LogP contribution in [0.5, 0.6) is 0 Å². The summed E-state index contributed by atoms with van der Waals surface area (Å²) in [5.41, 5.74) is -1.40. The van der Waals surface area contributed by atoms with E-state index in [2.05, 4.69) is 13.2 Å². The number of benzene rings is 1. The maximum absolute atomic E-state index is 12.7. The number of carbonyl (C=O) groups excluding carboxylic acids is 1. The Balaban J connectivity index is 3.34. The van der Waals surface area contributed by atoms with Crippen LogP contribution >= 0.6 is 0 Å². The van der Waals surface area contributed by atoms with E-state index in [4.69, 9.17) is 0 Å². The molecule has 0 saturated carbocycles. The van der Waals surface area contributed by atoms with Gasteiger partial charge >= 0.3 is 6.18 Å². The molecule has 0 amide bonds. The van der Waals surface area contributed by atoms with Crippen LogP contribution < -0.4 is 0 Å². The zero-order valence-corrected chi connectivity index (χ0v) is 9.50. The van der Waals surface area contributed by atoms with Gasteiger partial charge in [-0.25, -0.2) is 0 Å². The Bertz CT molecular complexity index is 496. The molecular formula is C14H11F3O. The molecule has 0 aliphatic heterocycles. The van der Waals surface area contributed by atoms with Crippen LogP contribution in [0.3, 0.4) is 0 Å². The van der Waals surface area contributed by atoms with Gasteiger partial charge in [0, 0.05) is 11.1 Å². The lowest BCUT2D eigenvalue weighted by Gasteiger charge is -2.11. The minimum atomic E-state index is -4.63. The summed E-state index contributed by atoms with van der Waals surface area (Å²) in [7, 11) is 0. The van der Waals surface area contributed by atoms with Gasteiger partial charge in [-0.1, -0.05) is 55.6 Å². The van der Waals surface area contributed by atoms with Crippen LogP contribution in [0, 0.1) is 0 Å². The van der Waals surface area contributed by atoms with Crippen LogP contribution in [-0.2, 0) is 0 Å². The smallest absolute Gasteiger partial charge is 0.289 e. The molecule has 1 aromatic carbocycles. The number of halogens is 3. The van der Waals surface area contributed by atoms with E-state index in [1.807, 2.05) is 0 Å². The SMILES string of the molecule is C=C/C(C(=O)c1ccccc1)=C(\C=C)C(F)(F)F. The summed E-state index contributed by atoms with van der Waals surface area (Å²) >= 11 is 0. The predicted molar refractivity (Wildman–Crippen MR) is 64.2 cm³/mol. The topological polar surface area (TPSA) is 17.1 Å². The summed E-state index contributed by atoms with van der Waals surface area (Å²) in [6, 6.07) is 7.72. The van der Waals surface area contributed by atoms with E-state index in [1.165, 1.54) is 12.1 Å². The monoisotopic (exact) mass is 252 g/mol. The lowest BCUT2D eigenvalue weighted by Crippen LogP contribution is -2.16. The minimum Gasteiger partial charge on any atom is -0.289 e. The standard InChI is InChI=1S/C14H11F3O/c1-3-11(12(4-2)14(15,16)17)13(18)10-8-6-5-7-9-10/h3-9H,1-2H2/b12-11-. The van der Waals surface area contributed by atoms with E-state index in [9.17, 15) is 18.0 Å². The second-order valence-corrected chi connectivity index (χ2v) is 3.43. The first kappa shape index (κ1) is 14.0. The molecule has 18 heavy (non-hydrogen) atoms. The molecular weight excluding hydrogens is 241 g/mol. The van der Waals surface area contributed by atoms with Crippen molar-refractivity contribution in [3.8, 4) is 0 Å². The minimum absolute atomic E-state index is 0.177. The molecule has 4 heteroatoms. The quantitative estimate of drug-likeness (QED) is 0.448. The van der Waals surface area contributed by atoms with Gasteiger partial charge in [-0.2, -0.15) is 13.2 Å². The molecule has 94 valence electrons. The molecule has 1 aromatic rings. The normalized spacial score (nSPS) is 12.6. The highest BCUT2D eigenvalue weighted by Crippen LogP contribution is 2.30. The number of ketones is 1. The summed E-state index contributed by atoms with van der Waals surface area (Å²) in [4.78, 5) is 11.9. The highest BCUT2D eigenvalue weighted by Gasteiger charge is 2.35. The third kappa shape index (κ3) is 2.97. The van der Waals surface area contributed by atoms with E-state index in [-0.39, 0.29) is 5.56 Å². The third-order valence-electron chi connectivity index (χ3n) is 2.28. The Morgan fingerprint density at radius 2 is 1.61 bits per heavy atom. The molecule has 0 saturated heterocycles. The zero-order chi connectivity index (χ0) is 13.8. The molecule has 1 nitrogen and oxygen atoms in total. The molecule has 0 heterocycles. The largest absolute Gasteiger partial charge is 0.417 e. The zero-order valence-electron chi connectivity index (χ0n) is 9.50. The summed E-state index contributed by atoms with van der Waals surface area (Å²) in [5.74, 6) is -0.724. The summed E-state index contributed by atoms with van der Waals surface area (Å²) in [5, 5.41) is 0. The van der Waals surface area contributed by atoms with Crippen LogP contribution in [0.15, 0.2) is 66.8 Å². The average Bonchev–Trinajstić information content (AvgIpc) is 2.34. The van der Waals surface area contributed by atoms with E-state index in [1.54, 1.807) is 18.2 Å². The Morgan fingerprint density at radius 3 is 2.00 bits per heavy atom. The predicted octanol–water partition coefficient (Wildman–Crippen LogP) is 4.10. The maximum atomic E-state index is 12.7. The van der Waals surface area contributed by atoms with Crippen LogP contribution in [0.1, 0.15) is 10.4 Å². The number of rotatable bonds is 4. The van der Waals surface area contributed by atoms with Gasteiger partial charge in [-0.05, 0) is 0 Å². The van der Waals surface area contributed by atoms with E-state index < -0.39 is 23.1 Å². The van der Waals surface area contributed by atoms with Gasteiger partial charge in [-0.15, -0.1) is 0 Å². The first-order valence-electron chi connectivity index (χ1n) is 5.08. The lowest BCUT2D eigenvalue weighted by atomic mass is 9.98. The van der Waals surface area contributed by atoms with Crippen molar-refractivity contribution in [2.24, 2.45) is 0 Å². The van der Waals surface area contributed by atoms with Crippen molar-refractivity contribution < 1.29 is 18.0 Å². The number of alkyl halides is 3. The third-order valence-corrected chi connectivity index (χ3v) is 2.28. The van der Waals surface area contributed by atoms with Crippen molar-refractivity contribution >= 4 is 5.78 Å². The van der Waals surface area contributed by atoms with Crippen molar-refractivity contribution in [3.63, 3.8) is 0 Å². The van der Waals surface area contributed by atoms with Gasteiger partial charge < -0.3 is 0 Å². The van der Waals surface area contributed by atoms with Crippen molar-refractivity contribution in [3.05, 3.63) is 72.4 Å². The molecule has 0 spiro atoms. The molecule has 1 rings (SSSR count). The Morgan fingerprint density at radius 1 is 1.06 bits per heavy atom. The summed E-state index contributed by atoms with van der Waals surface area (Å²) < 4.78 is 38.1. The van der Waals surface area contributed by atoms with Crippen LogP contribution in [0.2, 0.25) is 0 Å². The Kier molecular flexibility index (Phi) is 4.26. The second-order valence-electron chi connectivity index (χ2n) is 3.43. The molecule has 0 aromatic heterocycles. The van der Waals surface area contributed by atoms with Gasteiger partial charge in [0.15, 0.2) is 5.78 Å². The number of Topliss-reactive ketones (excluding diaryl/α,β-unsaturated/α-hetero) is 1. The van der Waals surface area contributed by atoms with Crippen LogP contribution in [0.25, 0.3) is 0 Å². The van der Waals surface area contributed by atoms with Crippen molar-refractivity contribution in [2.45, 2.75) is 6.18 Å². The maximum Gasteiger partial charge on any atom is 0.417 e. The molecule has 0 aliphatic carbocycles. The van der Waals surface area contributed by atoms with Gasteiger partial charge in [0.2, 0.25) is 0 Å². The van der Waals surface area contributed by atoms with E-state index in [0.717, 1.165) is 6.08 Å².